The van der Waals surface area contributed by atoms with E-state index in [1.54, 1.807) is 22.4 Å². The third-order valence-electron chi connectivity index (χ3n) is 10.2. The van der Waals surface area contributed by atoms with Crippen molar-refractivity contribution in [2.24, 2.45) is 0 Å². The lowest BCUT2D eigenvalue weighted by Crippen LogP contribution is -2.55. The number of halogens is 2. The summed E-state index contributed by atoms with van der Waals surface area (Å²) < 4.78 is 21.2. The minimum atomic E-state index is -0.523. The second-order valence-electron chi connectivity index (χ2n) is 14.1. The number of ether oxygens (including phenoxy) is 1. The minimum absolute atomic E-state index is 0.110. The van der Waals surface area contributed by atoms with E-state index in [1.807, 2.05) is 64.2 Å². The van der Waals surface area contributed by atoms with E-state index in [-0.39, 0.29) is 11.2 Å². The predicted molar refractivity (Wildman–Crippen MR) is 192 cm³/mol. The van der Waals surface area contributed by atoms with Gasteiger partial charge in [-0.3, -0.25) is 14.0 Å². The Bertz CT molecular complexity index is 1830. The highest BCUT2D eigenvalue weighted by molar-refractivity contribution is 6.62. The van der Waals surface area contributed by atoms with Crippen LogP contribution in [0, 0.1) is 0 Å². The molecule has 2 fully saturated rings. The summed E-state index contributed by atoms with van der Waals surface area (Å²) in [6.07, 6.45) is 5.91. The number of methoxy groups -OCH3 is 1. The lowest BCUT2D eigenvalue weighted by atomic mass is 9.79. The Labute approximate surface area is 292 Å². The molecule has 4 heterocycles. The molecule has 0 unspecified atom stereocenters. The number of rotatable bonds is 9. The highest BCUT2D eigenvalue weighted by atomic mass is 35.5. The van der Waals surface area contributed by atoms with Crippen LogP contribution in [0.1, 0.15) is 48.0 Å². The third-order valence-corrected chi connectivity index (χ3v) is 10.7. The maximum Gasteiger partial charge on any atom is 0.494 e. The van der Waals surface area contributed by atoms with Crippen LogP contribution in [-0.2, 0) is 15.9 Å². The number of nitrogens with zero attached hydrogens (tertiary/aromatic N) is 6. The Balaban J connectivity index is 1.08. The van der Waals surface area contributed by atoms with Gasteiger partial charge < -0.3 is 18.9 Å². The van der Waals surface area contributed by atoms with Gasteiger partial charge in [-0.05, 0) is 77.7 Å². The van der Waals surface area contributed by atoms with E-state index in [1.165, 1.54) is 6.20 Å². The average Bonchev–Trinajstić information content (AvgIpc) is 3.53. The van der Waals surface area contributed by atoms with Crippen LogP contribution < -0.4 is 20.8 Å². The van der Waals surface area contributed by atoms with Crippen LogP contribution in [0.15, 0.2) is 65.8 Å². The molecule has 2 aromatic carbocycles. The van der Waals surface area contributed by atoms with E-state index in [4.69, 9.17) is 37.2 Å². The molecular formula is C35H43BCl2N6O4. The molecule has 254 valence electrons. The van der Waals surface area contributed by atoms with Crippen molar-refractivity contribution in [2.45, 2.75) is 71.2 Å². The van der Waals surface area contributed by atoms with Crippen molar-refractivity contribution in [1.82, 2.24) is 24.2 Å². The fourth-order valence-electron chi connectivity index (χ4n) is 6.32. The van der Waals surface area contributed by atoms with Gasteiger partial charge in [0.15, 0.2) is 5.75 Å². The molecule has 2 saturated heterocycles. The fourth-order valence-corrected chi connectivity index (χ4v) is 6.81. The van der Waals surface area contributed by atoms with Crippen molar-refractivity contribution in [1.29, 1.82) is 0 Å². The molecule has 4 aromatic rings. The van der Waals surface area contributed by atoms with E-state index >= 15 is 0 Å². The highest BCUT2D eigenvalue weighted by Crippen LogP contribution is 2.37. The molecule has 0 bridgehead atoms. The zero-order valence-electron chi connectivity index (χ0n) is 28.7. The van der Waals surface area contributed by atoms with Crippen LogP contribution in [0.2, 0.25) is 10.0 Å². The van der Waals surface area contributed by atoms with Crippen LogP contribution in [0.5, 0.6) is 5.75 Å². The summed E-state index contributed by atoms with van der Waals surface area (Å²) in [4.78, 5) is 18.4. The topological polar surface area (TPSA) is 86.9 Å². The largest absolute Gasteiger partial charge is 0.494 e. The van der Waals surface area contributed by atoms with Gasteiger partial charge >= 0.3 is 12.8 Å². The number of aromatic nitrogens is 4. The van der Waals surface area contributed by atoms with Gasteiger partial charge in [0.05, 0.1) is 35.2 Å². The number of imidazole rings is 1. The molecule has 10 nitrogen and oxygen atoms in total. The zero-order valence-corrected chi connectivity index (χ0v) is 30.2. The molecule has 2 aromatic heterocycles. The van der Waals surface area contributed by atoms with Gasteiger partial charge in [-0.1, -0.05) is 41.4 Å². The molecule has 0 radical (unpaired) electrons. The molecule has 0 N–H and O–H groups in total. The van der Waals surface area contributed by atoms with Crippen molar-refractivity contribution in [3.05, 3.63) is 81.6 Å². The molecule has 0 amide bonds. The smallest absolute Gasteiger partial charge is 0.493 e. The van der Waals surface area contributed by atoms with Gasteiger partial charge in [-0.15, -0.1) is 5.10 Å². The maximum absolute atomic E-state index is 13.5. The van der Waals surface area contributed by atoms with E-state index in [0.717, 1.165) is 49.3 Å². The lowest BCUT2D eigenvalue weighted by molar-refractivity contribution is 0.00578. The predicted octanol–water partition coefficient (Wildman–Crippen LogP) is 5.70. The summed E-state index contributed by atoms with van der Waals surface area (Å²) in [6.45, 7) is 16.7. The van der Waals surface area contributed by atoms with Gasteiger partial charge in [0, 0.05) is 61.9 Å². The van der Waals surface area contributed by atoms with Gasteiger partial charge in [0.1, 0.15) is 10.7 Å². The number of piperazine rings is 1. The zero-order chi connectivity index (χ0) is 34.4. The van der Waals surface area contributed by atoms with Gasteiger partial charge in [0.25, 0.3) is 0 Å². The molecule has 2 aliphatic rings. The summed E-state index contributed by atoms with van der Waals surface area (Å²) in [5.74, 6) is 0.517. The SMILES string of the molecule is COc1c(Cl)cnnc1-c1cccc(N2CCN(C(C)(C)CCn3ccn(-c4ccc(B5OC(C)(C)C(C)(C)O5)cc4Cl)c3=O)CC2)c1. The first kappa shape index (κ1) is 34.5. The normalized spacial score (nSPS) is 18.0. The number of anilines is 1. The quantitative estimate of drug-likeness (QED) is 0.207. The van der Waals surface area contributed by atoms with Crippen molar-refractivity contribution in [3.8, 4) is 22.7 Å². The van der Waals surface area contributed by atoms with Crippen LogP contribution in [0.4, 0.5) is 5.69 Å². The summed E-state index contributed by atoms with van der Waals surface area (Å²) in [5, 5.41) is 9.20. The van der Waals surface area contributed by atoms with E-state index < -0.39 is 18.3 Å². The Kier molecular flexibility index (Phi) is 9.47. The molecule has 0 aliphatic carbocycles. The monoisotopic (exact) mass is 692 g/mol. The van der Waals surface area contributed by atoms with Crippen molar-refractivity contribution < 1.29 is 14.0 Å². The first-order chi connectivity index (χ1) is 22.7. The van der Waals surface area contributed by atoms with Crippen LogP contribution in [0.25, 0.3) is 16.9 Å². The summed E-state index contributed by atoms with van der Waals surface area (Å²) in [5.41, 5.74) is 2.95. The van der Waals surface area contributed by atoms with Gasteiger partial charge in [-0.2, -0.15) is 5.10 Å². The van der Waals surface area contributed by atoms with Crippen LogP contribution in [0.3, 0.4) is 0 Å². The van der Waals surface area contributed by atoms with Crippen molar-refractivity contribution >= 4 is 41.5 Å². The average molecular weight is 693 g/mol. The fraction of sp³-hybridized carbons (Fsp3) is 0.457. The molecule has 0 saturated carbocycles. The summed E-state index contributed by atoms with van der Waals surface area (Å²) in [6, 6.07) is 13.8. The number of benzene rings is 2. The number of hydrogen-bond acceptors (Lipinski definition) is 8. The van der Waals surface area contributed by atoms with Gasteiger partial charge in [-0.25, -0.2) is 4.79 Å². The highest BCUT2D eigenvalue weighted by Gasteiger charge is 2.51. The molecule has 0 spiro atoms. The van der Waals surface area contributed by atoms with Crippen molar-refractivity contribution in [3.63, 3.8) is 0 Å². The molecule has 48 heavy (non-hydrogen) atoms. The summed E-state index contributed by atoms with van der Waals surface area (Å²) >= 11 is 13.0. The standard InChI is InChI=1S/C35H43BCl2N6O4/c1-33(2,43-18-15-41(16-19-43)26-10-8-9-24(21-26)30-31(46-7)28(38)23-39-40-30)13-14-42-17-20-44(32(42)45)29-12-11-25(22-27(29)37)36-47-34(3,4)35(5,6)48-36/h8-12,17,20-23H,13-16,18-19H2,1-7H3. The number of hydrogen-bond donors (Lipinski definition) is 0. The molecular weight excluding hydrogens is 650 g/mol. The Hall–Kier alpha value is -3.35. The molecule has 2 aliphatic heterocycles. The van der Waals surface area contributed by atoms with Gasteiger partial charge in [0.2, 0.25) is 0 Å². The van der Waals surface area contributed by atoms with E-state index in [2.05, 4.69) is 46.0 Å². The third kappa shape index (κ3) is 6.63. The van der Waals surface area contributed by atoms with Crippen LogP contribution >= 0.6 is 23.2 Å². The van der Waals surface area contributed by atoms with E-state index in [0.29, 0.717) is 33.7 Å². The Morgan fingerprint density at radius 3 is 2.33 bits per heavy atom. The molecule has 13 heteroatoms. The maximum atomic E-state index is 13.5. The lowest BCUT2D eigenvalue weighted by Gasteiger charge is -2.45. The minimum Gasteiger partial charge on any atom is -0.493 e. The summed E-state index contributed by atoms with van der Waals surface area (Å²) in [7, 11) is 1.06. The van der Waals surface area contributed by atoms with Crippen LogP contribution in [-0.4, -0.2) is 81.4 Å². The van der Waals surface area contributed by atoms with Crippen molar-refractivity contribution in [2.75, 3.05) is 38.2 Å². The first-order valence-corrected chi connectivity index (χ1v) is 17.1. The number of aryl methyl sites for hydroxylation is 1. The Morgan fingerprint density at radius 1 is 0.958 bits per heavy atom. The Morgan fingerprint density at radius 2 is 1.67 bits per heavy atom. The second-order valence-corrected chi connectivity index (χ2v) is 14.9. The molecule has 0 atom stereocenters. The van der Waals surface area contributed by atoms with E-state index in [9.17, 15) is 4.79 Å². The molecule has 6 rings (SSSR count). The second kappa shape index (κ2) is 13.2. The first-order valence-electron chi connectivity index (χ1n) is 16.3.